The number of carbonyl (C=O) groups excluding carboxylic acids is 1. The third-order valence-corrected chi connectivity index (χ3v) is 10.3. The van der Waals surface area contributed by atoms with Crippen molar-refractivity contribution in [1.29, 1.82) is 0 Å². The Bertz CT molecular complexity index is 1610. The fourth-order valence-electron chi connectivity index (χ4n) is 5.78. The summed E-state index contributed by atoms with van der Waals surface area (Å²) in [7, 11) is -2.12. The maximum Gasteiger partial charge on any atom is 0.305 e. The van der Waals surface area contributed by atoms with Crippen molar-refractivity contribution in [1.82, 2.24) is 29.0 Å². The van der Waals surface area contributed by atoms with Gasteiger partial charge >= 0.3 is 5.97 Å². The average molecular weight is 645 g/mol. The lowest BCUT2D eigenvalue weighted by Crippen LogP contribution is -2.38. The van der Waals surface area contributed by atoms with Crippen molar-refractivity contribution in [2.45, 2.75) is 77.5 Å². The van der Waals surface area contributed by atoms with Crippen molar-refractivity contribution in [3.63, 3.8) is 0 Å². The molecular formula is C32H48N6O6S. The molecule has 1 N–H and O–H groups in total. The normalized spacial score (nSPS) is 14.8. The minimum absolute atomic E-state index is 0.110. The number of likely N-dealkylation sites (N-methyl/N-ethyl adjacent to an activating group) is 1. The smallest absolute Gasteiger partial charge is 0.305 e. The van der Waals surface area contributed by atoms with Crippen LogP contribution in [0.3, 0.4) is 0 Å². The van der Waals surface area contributed by atoms with Crippen LogP contribution in [0.1, 0.15) is 71.9 Å². The number of benzene rings is 1. The van der Waals surface area contributed by atoms with E-state index in [1.165, 1.54) is 8.99 Å². The molecule has 3 heterocycles. The number of carbonyl (C=O) groups is 1. The van der Waals surface area contributed by atoms with Crippen LogP contribution in [0, 0.1) is 5.92 Å². The van der Waals surface area contributed by atoms with Gasteiger partial charge < -0.3 is 19.4 Å². The number of rotatable bonds is 16. The number of sulfonamides is 1. The molecule has 12 nitrogen and oxygen atoms in total. The van der Waals surface area contributed by atoms with Gasteiger partial charge in [0.25, 0.3) is 5.56 Å². The largest absolute Gasteiger partial charge is 0.493 e. The molecule has 0 unspecified atom stereocenters. The monoisotopic (exact) mass is 644 g/mol. The number of hydrogen-bond donors (Lipinski definition) is 1. The number of fused-ring (bicyclic) bond motifs is 1. The minimum Gasteiger partial charge on any atom is -0.493 e. The Morgan fingerprint density at radius 3 is 2.49 bits per heavy atom. The highest BCUT2D eigenvalue weighted by molar-refractivity contribution is 7.89. The van der Waals surface area contributed by atoms with Gasteiger partial charge in [-0.25, -0.2) is 13.4 Å². The molecule has 0 spiro atoms. The third-order valence-electron chi connectivity index (χ3n) is 8.45. The van der Waals surface area contributed by atoms with Crippen LogP contribution in [0.25, 0.3) is 22.4 Å². The Kier molecular flexibility index (Phi) is 12.2. The van der Waals surface area contributed by atoms with Gasteiger partial charge in [-0.1, -0.05) is 34.1 Å². The van der Waals surface area contributed by atoms with Gasteiger partial charge in [-0.15, -0.1) is 0 Å². The van der Waals surface area contributed by atoms with Gasteiger partial charge in [0, 0.05) is 33.1 Å². The predicted octanol–water partition coefficient (Wildman–Crippen LogP) is 4.13. The number of nitrogens with one attached hydrogen (secondary N) is 1. The first kappa shape index (κ1) is 34.6. The fourth-order valence-corrected chi connectivity index (χ4v) is 7.28. The summed E-state index contributed by atoms with van der Waals surface area (Å²) in [5.41, 5.74) is 1.65. The van der Waals surface area contributed by atoms with E-state index in [1.807, 2.05) is 13.8 Å². The lowest BCUT2D eigenvalue weighted by Gasteiger charge is -2.31. The molecule has 1 aromatic carbocycles. The third kappa shape index (κ3) is 8.30. The molecule has 0 atom stereocenters. The highest BCUT2D eigenvalue weighted by Crippen LogP contribution is 2.33. The summed E-state index contributed by atoms with van der Waals surface area (Å²) in [4.78, 5) is 35.3. The number of hydrogen-bond acceptors (Lipinski definition) is 9. The number of aromatic amines is 1. The molecule has 3 aromatic rings. The van der Waals surface area contributed by atoms with Crippen molar-refractivity contribution in [2.75, 3.05) is 45.9 Å². The Morgan fingerprint density at radius 1 is 1.09 bits per heavy atom. The van der Waals surface area contributed by atoms with Crippen LogP contribution in [0.5, 0.6) is 5.75 Å². The maximum absolute atomic E-state index is 13.8. The quantitative estimate of drug-likeness (QED) is 0.228. The highest BCUT2D eigenvalue weighted by atomic mass is 32.2. The summed E-state index contributed by atoms with van der Waals surface area (Å²) in [5.74, 6) is 0.739. The van der Waals surface area contributed by atoms with Crippen molar-refractivity contribution >= 4 is 27.0 Å². The highest BCUT2D eigenvalue weighted by Gasteiger charge is 2.31. The predicted molar refractivity (Wildman–Crippen MR) is 174 cm³/mol. The standard InChI is InChI=1S/C32H48N6O6S/c1-6-10-26-29-30(36(5)35-26)32(40)34-31(33-29)25-22-24(12-13-27(25)43-20-7-2)45(41,42)38-17-15-23(16-18-38)11-14-28(39)44-21-19-37(8-3)9-4/h12-13,22-23H,6-11,14-21H2,1-5H3,(H,33,34,40). The Hall–Kier alpha value is -3.29. The molecule has 0 bridgehead atoms. The zero-order valence-electron chi connectivity index (χ0n) is 27.3. The van der Waals surface area contributed by atoms with Crippen molar-refractivity contribution in [3.8, 4) is 17.1 Å². The summed E-state index contributed by atoms with van der Waals surface area (Å²) in [5, 5.41) is 4.49. The molecule has 1 fully saturated rings. The number of ether oxygens (including phenoxy) is 2. The van der Waals surface area contributed by atoms with E-state index in [0.717, 1.165) is 38.2 Å². The number of H-pyrrole nitrogens is 1. The molecule has 0 radical (unpaired) electrons. The van der Waals surface area contributed by atoms with E-state index >= 15 is 0 Å². The number of aromatic nitrogens is 4. The first-order chi connectivity index (χ1) is 21.6. The van der Waals surface area contributed by atoms with E-state index in [4.69, 9.17) is 14.5 Å². The molecule has 13 heteroatoms. The summed E-state index contributed by atoms with van der Waals surface area (Å²) in [6.07, 6.45) is 4.62. The average Bonchev–Trinajstić information content (AvgIpc) is 3.36. The Balaban J connectivity index is 1.49. The summed E-state index contributed by atoms with van der Waals surface area (Å²) in [6.45, 7) is 12.3. The van der Waals surface area contributed by atoms with Crippen molar-refractivity contribution in [3.05, 3.63) is 34.2 Å². The van der Waals surface area contributed by atoms with Crippen molar-refractivity contribution in [2.24, 2.45) is 13.0 Å². The molecule has 1 aliphatic rings. The molecule has 1 saturated heterocycles. The number of esters is 1. The minimum atomic E-state index is -3.83. The zero-order chi connectivity index (χ0) is 32.6. The Labute approximate surface area is 266 Å². The van der Waals surface area contributed by atoms with E-state index in [2.05, 4.69) is 28.8 Å². The van der Waals surface area contributed by atoms with E-state index in [0.29, 0.717) is 80.8 Å². The van der Waals surface area contributed by atoms with Crippen LogP contribution in [0.4, 0.5) is 0 Å². The SMILES string of the molecule is CCCOc1ccc(S(=O)(=O)N2CCC(CCC(=O)OCCN(CC)CC)CC2)cc1-c1nc2c(CCC)nn(C)c2c(=O)[nH]1. The second kappa shape index (κ2) is 15.8. The summed E-state index contributed by atoms with van der Waals surface area (Å²) in [6, 6.07) is 4.73. The second-order valence-corrected chi connectivity index (χ2v) is 13.5. The molecule has 0 saturated carbocycles. The van der Waals surface area contributed by atoms with Gasteiger partial charge in [-0.2, -0.15) is 9.40 Å². The van der Waals surface area contributed by atoms with Crippen LogP contribution in [-0.4, -0.2) is 89.3 Å². The Morgan fingerprint density at radius 2 is 1.82 bits per heavy atom. The van der Waals surface area contributed by atoms with Crippen LogP contribution >= 0.6 is 0 Å². The molecule has 1 aliphatic heterocycles. The van der Waals surface area contributed by atoms with E-state index in [9.17, 15) is 18.0 Å². The van der Waals surface area contributed by atoms with Gasteiger partial charge in [-0.05, 0) is 69.3 Å². The molecule has 248 valence electrons. The fraction of sp³-hybridized carbons (Fsp3) is 0.625. The first-order valence-electron chi connectivity index (χ1n) is 16.2. The lowest BCUT2D eigenvalue weighted by molar-refractivity contribution is -0.144. The second-order valence-electron chi connectivity index (χ2n) is 11.6. The maximum atomic E-state index is 13.8. The van der Waals surface area contributed by atoms with E-state index in [1.54, 1.807) is 25.2 Å². The van der Waals surface area contributed by atoms with Gasteiger partial charge in [0.2, 0.25) is 10.0 Å². The number of piperidine rings is 1. The van der Waals surface area contributed by atoms with Crippen LogP contribution in [0.2, 0.25) is 0 Å². The summed E-state index contributed by atoms with van der Waals surface area (Å²) < 4.78 is 42.0. The molecular weight excluding hydrogens is 596 g/mol. The lowest BCUT2D eigenvalue weighted by atomic mass is 9.93. The molecule has 2 aromatic heterocycles. The first-order valence-corrected chi connectivity index (χ1v) is 17.7. The van der Waals surface area contributed by atoms with Crippen LogP contribution < -0.4 is 10.3 Å². The van der Waals surface area contributed by atoms with Gasteiger partial charge in [-0.3, -0.25) is 14.3 Å². The topological polar surface area (TPSA) is 140 Å². The van der Waals surface area contributed by atoms with Gasteiger partial charge in [0.1, 0.15) is 23.7 Å². The molecule has 45 heavy (non-hydrogen) atoms. The molecule has 0 aliphatic carbocycles. The van der Waals surface area contributed by atoms with Crippen LogP contribution in [-0.2, 0) is 33.0 Å². The van der Waals surface area contributed by atoms with Crippen molar-refractivity contribution < 1.29 is 22.7 Å². The van der Waals surface area contributed by atoms with E-state index < -0.39 is 10.0 Å². The summed E-state index contributed by atoms with van der Waals surface area (Å²) >= 11 is 0. The molecule has 0 amide bonds. The van der Waals surface area contributed by atoms with Gasteiger partial charge in [0.15, 0.2) is 5.52 Å². The zero-order valence-corrected chi connectivity index (χ0v) is 28.1. The van der Waals surface area contributed by atoms with Crippen LogP contribution in [0.15, 0.2) is 27.9 Å². The van der Waals surface area contributed by atoms with Gasteiger partial charge in [0.05, 0.1) is 22.8 Å². The molecule has 4 rings (SSSR count). The van der Waals surface area contributed by atoms with E-state index in [-0.39, 0.29) is 28.2 Å². The number of aryl methyl sites for hydroxylation is 2. The number of nitrogens with zero attached hydrogens (tertiary/aromatic N) is 5.